The van der Waals surface area contributed by atoms with Crippen LogP contribution in [0.5, 0.6) is 11.5 Å². The molecule has 11 heteroatoms. The number of benzene rings is 4. The van der Waals surface area contributed by atoms with Crippen LogP contribution in [0.2, 0.25) is 5.02 Å². The predicted molar refractivity (Wildman–Crippen MR) is 146 cm³/mol. The first-order valence-corrected chi connectivity index (χ1v) is 13.4. The molecule has 0 spiro atoms. The van der Waals surface area contributed by atoms with Crippen LogP contribution >= 0.6 is 11.6 Å². The number of nitrogens with zero attached hydrogens (tertiary/aromatic N) is 2. The molecule has 0 atom stereocenters. The van der Waals surface area contributed by atoms with Gasteiger partial charge in [-0.1, -0.05) is 54.9 Å². The number of nitrogens with one attached hydrogen (secondary N) is 1. The van der Waals surface area contributed by atoms with Crippen molar-refractivity contribution in [3.05, 3.63) is 82.9 Å². The van der Waals surface area contributed by atoms with Crippen LogP contribution in [-0.2, 0) is 16.5 Å². The number of halogens is 1. The number of azo groups is 1. The Labute approximate surface area is 224 Å². The van der Waals surface area contributed by atoms with E-state index in [1.54, 1.807) is 61.5 Å². The average molecular weight is 554 g/mol. The van der Waals surface area contributed by atoms with E-state index in [4.69, 9.17) is 16.3 Å². The Balaban J connectivity index is 1.81. The topological polar surface area (TPSA) is 138 Å². The van der Waals surface area contributed by atoms with Crippen molar-refractivity contribution in [2.75, 3.05) is 11.9 Å². The zero-order valence-electron chi connectivity index (χ0n) is 20.5. The summed E-state index contributed by atoms with van der Waals surface area (Å²) in [7, 11) is -4.48. The Morgan fingerprint density at radius 2 is 1.68 bits per heavy atom. The minimum atomic E-state index is -4.48. The molecule has 0 heterocycles. The number of rotatable bonds is 8. The second kappa shape index (κ2) is 11.2. The van der Waals surface area contributed by atoms with Crippen LogP contribution < -0.4 is 10.1 Å². The lowest BCUT2D eigenvalue weighted by Gasteiger charge is -2.14. The van der Waals surface area contributed by atoms with Crippen LogP contribution in [0.4, 0.5) is 17.1 Å². The van der Waals surface area contributed by atoms with Gasteiger partial charge in [-0.3, -0.25) is 9.35 Å². The third kappa shape index (κ3) is 5.62. The minimum Gasteiger partial charge on any atom is -0.505 e. The first-order chi connectivity index (χ1) is 18.1. The number of aromatic hydroxyl groups is 1. The van der Waals surface area contributed by atoms with Crippen LogP contribution in [0.1, 0.15) is 29.8 Å². The van der Waals surface area contributed by atoms with Crippen LogP contribution in [0.25, 0.3) is 10.8 Å². The molecule has 0 aromatic heterocycles. The van der Waals surface area contributed by atoms with E-state index in [2.05, 4.69) is 15.5 Å². The average Bonchev–Trinajstić information content (AvgIpc) is 2.88. The normalized spacial score (nSPS) is 11.7. The number of amides is 1. The minimum absolute atomic E-state index is 0.0309. The summed E-state index contributed by atoms with van der Waals surface area (Å²) in [6.45, 7) is 4.00. The summed E-state index contributed by atoms with van der Waals surface area (Å²) in [5, 5.41) is 23.5. The maximum Gasteiger partial charge on any atom is 0.294 e. The highest BCUT2D eigenvalue weighted by Crippen LogP contribution is 2.41. The summed E-state index contributed by atoms with van der Waals surface area (Å²) in [5.41, 5.74) is 1.02. The van der Waals surface area contributed by atoms with E-state index in [1.165, 1.54) is 6.07 Å². The molecular formula is C27H24ClN3O6S. The lowest BCUT2D eigenvalue weighted by atomic mass is 10.0. The largest absolute Gasteiger partial charge is 0.505 e. The van der Waals surface area contributed by atoms with Gasteiger partial charge in [0.05, 0.1) is 27.8 Å². The van der Waals surface area contributed by atoms with E-state index in [1.807, 2.05) is 6.92 Å². The molecule has 1 amide bonds. The van der Waals surface area contributed by atoms with E-state index >= 15 is 0 Å². The summed E-state index contributed by atoms with van der Waals surface area (Å²) in [5.74, 6) is -0.497. The standard InChI is InChI=1S/C27H24ClN3O6S/c1-3-16-13-18(38(34,35)36)15-21(28)24(16)30-31-25-19-10-6-5-9-17(19)14-20(26(25)32)27(33)29-22-11-7-8-12-23(22)37-4-2/h5-15,32H,3-4H2,1-2H3,(H,29,33)(H,34,35,36). The Bertz CT molecular complexity index is 1670. The lowest BCUT2D eigenvalue weighted by molar-refractivity contribution is 0.102. The van der Waals surface area contributed by atoms with Crippen LogP contribution in [-0.4, -0.2) is 30.6 Å². The van der Waals surface area contributed by atoms with Gasteiger partial charge in [-0.05, 0) is 54.6 Å². The molecule has 0 saturated carbocycles. The highest BCUT2D eigenvalue weighted by atomic mass is 35.5. The molecular weight excluding hydrogens is 530 g/mol. The molecule has 0 aliphatic heterocycles. The van der Waals surface area contributed by atoms with Gasteiger partial charge < -0.3 is 15.2 Å². The van der Waals surface area contributed by atoms with Crippen LogP contribution in [0, 0.1) is 0 Å². The van der Waals surface area contributed by atoms with Crippen molar-refractivity contribution in [2.45, 2.75) is 25.2 Å². The Hall–Kier alpha value is -3.99. The number of phenolic OH excluding ortho intramolecular Hbond substituents is 1. The molecule has 3 N–H and O–H groups in total. The second-order valence-corrected chi connectivity index (χ2v) is 10.00. The summed E-state index contributed by atoms with van der Waals surface area (Å²) in [4.78, 5) is 12.9. The summed E-state index contributed by atoms with van der Waals surface area (Å²) < 4.78 is 38.2. The molecule has 0 aliphatic carbocycles. The van der Waals surface area contributed by atoms with Crippen molar-refractivity contribution in [1.29, 1.82) is 0 Å². The molecule has 0 aliphatic rings. The summed E-state index contributed by atoms with van der Waals surface area (Å²) >= 11 is 6.29. The first kappa shape index (κ1) is 27.1. The molecule has 0 bridgehead atoms. The maximum atomic E-state index is 13.2. The highest BCUT2D eigenvalue weighted by molar-refractivity contribution is 7.85. The number of hydrogen-bond donors (Lipinski definition) is 3. The summed E-state index contributed by atoms with van der Waals surface area (Å²) in [6.07, 6.45) is 0.339. The van der Waals surface area contributed by atoms with E-state index in [9.17, 15) is 22.9 Å². The zero-order valence-corrected chi connectivity index (χ0v) is 22.0. The Morgan fingerprint density at radius 1 is 1.00 bits per heavy atom. The van der Waals surface area contributed by atoms with E-state index in [0.29, 0.717) is 40.8 Å². The number of anilines is 1. The molecule has 0 saturated heterocycles. The van der Waals surface area contributed by atoms with E-state index in [-0.39, 0.29) is 26.9 Å². The van der Waals surface area contributed by atoms with Gasteiger partial charge in [0.1, 0.15) is 17.1 Å². The van der Waals surface area contributed by atoms with Crippen molar-refractivity contribution in [1.82, 2.24) is 0 Å². The fourth-order valence-corrected chi connectivity index (χ4v) is 4.79. The number of phenols is 1. The number of para-hydroxylation sites is 2. The van der Waals surface area contributed by atoms with Crippen molar-refractivity contribution in [2.24, 2.45) is 10.2 Å². The van der Waals surface area contributed by atoms with Crippen LogP contribution in [0.15, 0.2) is 81.9 Å². The molecule has 38 heavy (non-hydrogen) atoms. The lowest BCUT2D eigenvalue weighted by Crippen LogP contribution is -2.13. The highest BCUT2D eigenvalue weighted by Gasteiger charge is 2.21. The van der Waals surface area contributed by atoms with E-state index in [0.717, 1.165) is 6.07 Å². The second-order valence-electron chi connectivity index (χ2n) is 8.17. The monoisotopic (exact) mass is 553 g/mol. The van der Waals surface area contributed by atoms with Gasteiger partial charge in [-0.15, -0.1) is 10.2 Å². The Kier molecular flexibility index (Phi) is 7.96. The molecule has 196 valence electrons. The van der Waals surface area contributed by atoms with Gasteiger partial charge >= 0.3 is 0 Å². The zero-order chi connectivity index (χ0) is 27.4. The quantitative estimate of drug-likeness (QED) is 0.157. The molecule has 0 unspecified atom stereocenters. The smallest absolute Gasteiger partial charge is 0.294 e. The third-order valence-electron chi connectivity index (χ3n) is 5.72. The molecule has 4 rings (SSSR count). The number of aryl methyl sites for hydroxylation is 1. The van der Waals surface area contributed by atoms with Gasteiger partial charge in [0.15, 0.2) is 5.75 Å². The number of ether oxygens (including phenoxy) is 1. The van der Waals surface area contributed by atoms with Crippen LogP contribution in [0.3, 0.4) is 0 Å². The van der Waals surface area contributed by atoms with Crippen molar-refractivity contribution in [3.8, 4) is 11.5 Å². The predicted octanol–water partition coefficient (Wildman–Crippen LogP) is 7.07. The number of fused-ring (bicyclic) bond motifs is 1. The summed E-state index contributed by atoms with van der Waals surface area (Å²) in [6, 6.07) is 17.8. The van der Waals surface area contributed by atoms with Gasteiger partial charge in [0.2, 0.25) is 0 Å². The molecule has 9 nitrogen and oxygen atoms in total. The molecule has 4 aromatic rings. The number of carbonyl (C=O) groups excluding carboxylic acids is 1. The fourth-order valence-electron chi connectivity index (χ4n) is 3.89. The first-order valence-electron chi connectivity index (χ1n) is 11.6. The Morgan fingerprint density at radius 3 is 2.39 bits per heavy atom. The SMILES string of the molecule is CCOc1ccccc1NC(=O)c1cc2ccccc2c(N=Nc2c(Cl)cc(S(=O)(=O)O)cc2CC)c1O. The van der Waals surface area contributed by atoms with Gasteiger partial charge in [-0.25, -0.2) is 0 Å². The van der Waals surface area contributed by atoms with E-state index < -0.39 is 21.8 Å². The third-order valence-corrected chi connectivity index (χ3v) is 6.84. The fraction of sp³-hybridized carbons (Fsp3) is 0.148. The van der Waals surface area contributed by atoms with Crippen molar-refractivity contribution >= 4 is 55.5 Å². The van der Waals surface area contributed by atoms with Gasteiger partial charge in [0, 0.05) is 5.39 Å². The van der Waals surface area contributed by atoms with Gasteiger partial charge in [-0.2, -0.15) is 8.42 Å². The maximum absolute atomic E-state index is 13.2. The van der Waals surface area contributed by atoms with Crippen molar-refractivity contribution < 1.29 is 27.6 Å². The number of carbonyl (C=O) groups is 1. The van der Waals surface area contributed by atoms with Crippen molar-refractivity contribution in [3.63, 3.8) is 0 Å². The number of hydrogen-bond acceptors (Lipinski definition) is 7. The van der Waals surface area contributed by atoms with Gasteiger partial charge in [0.25, 0.3) is 16.0 Å². The molecule has 0 radical (unpaired) electrons. The molecule has 4 aromatic carbocycles. The molecule has 0 fully saturated rings.